The number of carbonyl (C=O) groups excluding carboxylic acids is 2. The van der Waals surface area contributed by atoms with Crippen molar-refractivity contribution in [2.75, 3.05) is 40.6 Å². The Morgan fingerprint density at radius 1 is 0.925 bits per heavy atom. The predicted molar refractivity (Wildman–Crippen MR) is 155 cm³/mol. The highest BCUT2D eigenvalue weighted by Gasteiger charge is 2.32. The monoisotopic (exact) mass is 587 g/mol. The second-order valence-corrected chi connectivity index (χ2v) is 11.7. The van der Waals surface area contributed by atoms with Gasteiger partial charge in [-0.25, -0.2) is 8.42 Å². The first kappa shape index (κ1) is 30.9. The van der Waals surface area contributed by atoms with Crippen molar-refractivity contribution in [2.45, 2.75) is 19.0 Å². The molecule has 3 aromatic rings. The van der Waals surface area contributed by atoms with E-state index in [1.807, 2.05) is 18.2 Å². The summed E-state index contributed by atoms with van der Waals surface area (Å²) in [6.07, 6.45) is 1.54. The number of benzene rings is 3. The Morgan fingerprint density at radius 2 is 1.55 bits per heavy atom. The summed E-state index contributed by atoms with van der Waals surface area (Å²) in [6.45, 7) is -0.0607. The van der Waals surface area contributed by atoms with Gasteiger partial charge >= 0.3 is 0 Å². The molecule has 214 valence electrons. The van der Waals surface area contributed by atoms with Crippen LogP contribution in [0.1, 0.15) is 22.7 Å². The second kappa shape index (κ2) is 14.2. The summed E-state index contributed by atoms with van der Waals surface area (Å²) < 4.78 is 35.7. The SMILES string of the molecule is COc1ccc(CCNC(=O)C(c2ccccc2)N(Cc2ccc(Cl)cc2)C(=O)CN(C)S(C)(=O)=O)cc1OC. The highest BCUT2D eigenvalue weighted by Crippen LogP contribution is 2.28. The Kier molecular flexibility index (Phi) is 10.9. The molecule has 0 heterocycles. The Bertz CT molecular complexity index is 1400. The molecule has 0 bridgehead atoms. The molecule has 0 aliphatic rings. The Morgan fingerprint density at radius 3 is 2.15 bits per heavy atom. The Labute approximate surface area is 240 Å². The van der Waals surface area contributed by atoms with Gasteiger partial charge in [0.15, 0.2) is 11.5 Å². The highest BCUT2D eigenvalue weighted by atomic mass is 35.5. The van der Waals surface area contributed by atoms with Gasteiger partial charge in [-0.15, -0.1) is 0 Å². The number of sulfonamides is 1. The molecule has 3 aromatic carbocycles. The van der Waals surface area contributed by atoms with Crippen LogP contribution in [0.5, 0.6) is 11.5 Å². The first-order valence-electron chi connectivity index (χ1n) is 12.5. The summed E-state index contributed by atoms with van der Waals surface area (Å²) in [4.78, 5) is 28.7. The van der Waals surface area contributed by atoms with Crippen LogP contribution in [0.3, 0.4) is 0 Å². The second-order valence-electron chi connectivity index (χ2n) is 9.21. The third-order valence-electron chi connectivity index (χ3n) is 6.35. The summed E-state index contributed by atoms with van der Waals surface area (Å²) in [7, 11) is 0.819. The number of amides is 2. The summed E-state index contributed by atoms with van der Waals surface area (Å²) in [5.74, 6) is 0.279. The van der Waals surface area contributed by atoms with Crippen molar-refractivity contribution in [3.8, 4) is 11.5 Å². The van der Waals surface area contributed by atoms with Gasteiger partial charge < -0.3 is 19.7 Å². The van der Waals surface area contributed by atoms with Crippen LogP contribution in [-0.4, -0.2) is 70.0 Å². The molecule has 3 rings (SSSR count). The molecule has 11 heteroatoms. The van der Waals surface area contributed by atoms with E-state index in [1.54, 1.807) is 68.8 Å². The number of ether oxygens (including phenoxy) is 2. The predicted octanol–water partition coefficient (Wildman–Crippen LogP) is 3.68. The fourth-order valence-corrected chi connectivity index (χ4v) is 4.55. The smallest absolute Gasteiger partial charge is 0.247 e. The van der Waals surface area contributed by atoms with Crippen LogP contribution in [0.25, 0.3) is 0 Å². The van der Waals surface area contributed by atoms with E-state index in [4.69, 9.17) is 21.1 Å². The first-order valence-corrected chi connectivity index (χ1v) is 14.7. The lowest BCUT2D eigenvalue weighted by atomic mass is 10.0. The van der Waals surface area contributed by atoms with Crippen LogP contribution in [0.4, 0.5) is 0 Å². The molecule has 0 radical (unpaired) electrons. The molecule has 0 spiro atoms. The molecule has 0 saturated heterocycles. The van der Waals surface area contributed by atoms with Crippen LogP contribution in [0.2, 0.25) is 5.02 Å². The molecule has 0 aliphatic carbocycles. The lowest BCUT2D eigenvalue weighted by molar-refractivity contribution is -0.141. The number of nitrogens with zero attached hydrogens (tertiary/aromatic N) is 2. The molecule has 0 aliphatic heterocycles. The zero-order valence-corrected chi connectivity index (χ0v) is 24.5. The number of methoxy groups -OCH3 is 2. The van der Waals surface area contributed by atoms with E-state index in [2.05, 4.69) is 5.32 Å². The maximum atomic E-state index is 13.7. The van der Waals surface area contributed by atoms with Crippen LogP contribution >= 0.6 is 11.6 Å². The number of halogens is 1. The number of hydrogen-bond acceptors (Lipinski definition) is 6. The van der Waals surface area contributed by atoms with E-state index in [9.17, 15) is 18.0 Å². The molecule has 1 atom stereocenters. The van der Waals surface area contributed by atoms with Gasteiger partial charge in [-0.3, -0.25) is 9.59 Å². The fourth-order valence-electron chi connectivity index (χ4n) is 4.08. The van der Waals surface area contributed by atoms with Gasteiger partial charge in [0.05, 0.1) is 27.0 Å². The Hall–Kier alpha value is -3.60. The van der Waals surface area contributed by atoms with Gasteiger partial charge in [-0.05, 0) is 47.4 Å². The molecular weight excluding hydrogens is 554 g/mol. The normalized spacial score (nSPS) is 12.1. The van der Waals surface area contributed by atoms with Crippen LogP contribution in [0.15, 0.2) is 72.8 Å². The van der Waals surface area contributed by atoms with E-state index >= 15 is 0 Å². The molecule has 0 aromatic heterocycles. The van der Waals surface area contributed by atoms with E-state index in [0.717, 1.165) is 21.7 Å². The number of carbonyl (C=O) groups is 2. The van der Waals surface area contributed by atoms with Gasteiger partial charge in [-0.1, -0.05) is 60.1 Å². The van der Waals surface area contributed by atoms with E-state index in [1.165, 1.54) is 11.9 Å². The average Bonchev–Trinajstić information content (AvgIpc) is 2.93. The molecule has 0 saturated carbocycles. The van der Waals surface area contributed by atoms with E-state index < -0.39 is 34.4 Å². The number of hydrogen-bond donors (Lipinski definition) is 1. The minimum Gasteiger partial charge on any atom is -0.493 e. The maximum absolute atomic E-state index is 13.7. The molecule has 9 nitrogen and oxygen atoms in total. The highest BCUT2D eigenvalue weighted by molar-refractivity contribution is 7.88. The van der Waals surface area contributed by atoms with Crippen molar-refractivity contribution in [1.29, 1.82) is 0 Å². The largest absolute Gasteiger partial charge is 0.493 e. The Balaban J connectivity index is 1.89. The van der Waals surface area contributed by atoms with Crippen molar-refractivity contribution in [3.05, 3.63) is 94.5 Å². The topological polar surface area (TPSA) is 105 Å². The zero-order chi connectivity index (χ0) is 29.3. The summed E-state index contributed by atoms with van der Waals surface area (Å²) >= 11 is 6.05. The molecule has 0 fully saturated rings. The van der Waals surface area contributed by atoms with Crippen molar-refractivity contribution in [3.63, 3.8) is 0 Å². The van der Waals surface area contributed by atoms with Crippen molar-refractivity contribution < 1.29 is 27.5 Å². The van der Waals surface area contributed by atoms with Crippen molar-refractivity contribution in [2.24, 2.45) is 0 Å². The minimum atomic E-state index is -3.63. The standard InChI is InChI=1S/C29H34ClN3O6S/c1-32(40(4,36)37)20-27(34)33(19-22-10-13-24(30)14-11-22)28(23-8-6-5-7-9-23)29(35)31-17-16-21-12-15-25(38-2)26(18-21)39-3/h5-15,18,28H,16-17,19-20H2,1-4H3,(H,31,35). The van der Waals surface area contributed by atoms with Gasteiger partial charge in [0, 0.05) is 25.2 Å². The maximum Gasteiger partial charge on any atom is 0.247 e. The lowest BCUT2D eigenvalue weighted by Gasteiger charge is -2.32. The van der Waals surface area contributed by atoms with Gasteiger partial charge in [0.2, 0.25) is 21.8 Å². The molecular formula is C29H34ClN3O6S. The minimum absolute atomic E-state index is 0.0657. The summed E-state index contributed by atoms with van der Waals surface area (Å²) in [5, 5.41) is 3.49. The van der Waals surface area contributed by atoms with Crippen LogP contribution in [-0.2, 0) is 32.6 Å². The third kappa shape index (κ3) is 8.45. The molecule has 2 amide bonds. The quantitative estimate of drug-likeness (QED) is 0.327. The number of rotatable bonds is 13. The van der Waals surface area contributed by atoms with Crippen LogP contribution in [0, 0.1) is 0 Å². The van der Waals surface area contributed by atoms with Crippen molar-refractivity contribution in [1.82, 2.24) is 14.5 Å². The van der Waals surface area contributed by atoms with Gasteiger partial charge in [0.25, 0.3) is 0 Å². The number of nitrogens with one attached hydrogen (secondary N) is 1. The first-order chi connectivity index (χ1) is 19.0. The third-order valence-corrected chi connectivity index (χ3v) is 7.86. The molecule has 40 heavy (non-hydrogen) atoms. The summed E-state index contributed by atoms with van der Waals surface area (Å²) in [5.41, 5.74) is 2.26. The van der Waals surface area contributed by atoms with Crippen LogP contribution < -0.4 is 14.8 Å². The molecule has 1 unspecified atom stereocenters. The fraction of sp³-hybridized carbons (Fsp3) is 0.310. The van der Waals surface area contributed by atoms with Gasteiger partial charge in [0.1, 0.15) is 6.04 Å². The molecule has 1 N–H and O–H groups in total. The van der Waals surface area contributed by atoms with E-state index in [-0.39, 0.29) is 6.54 Å². The summed E-state index contributed by atoms with van der Waals surface area (Å²) in [6, 6.07) is 20.4. The van der Waals surface area contributed by atoms with Gasteiger partial charge in [-0.2, -0.15) is 4.31 Å². The van der Waals surface area contributed by atoms with E-state index in [0.29, 0.717) is 35.1 Å². The lowest BCUT2D eigenvalue weighted by Crippen LogP contribution is -2.47. The number of likely N-dealkylation sites (N-methyl/N-ethyl adjacent to an activating group) is 1. The zero-order valence-electron chi connectivity index (χ0n) is 23.0. The van der Waals surface area contributed by atoms with Crippen molar-refractivity contribution >= 4 is 33.4 Å². The average molecular weight is 588 g/mol.